The van der Waals surface area contributed by atoms with Gasteiger partial charge in [0.05, 0.1) is 16.3 Å². The van der Waals surface area contributed by atoms with Crippen molar-refractivity contribution in [2.75, 3.05) is 5.32 Å². The van der Waals surface area contributed by atoms with Gasteiger partial charge in [-0.2, -0.15) is 5.11 Å². The zero-order valence-electron chi connectivity index (χ0n) is 15.3. The minimum atomic E-state index is -0.426. The number of nitro groups is 1. The summed E-state index contributed by atoms with van der Waals surface area (Å²) in [7, 11) is 0. The first kappa shape index (κ1) is 17.1. The highest BCUT2D eigenvalue weighted by molar-refractivity contribution is 6.03. The van der Waals surface area contributed by atoms with Crippen LogP contribution in [0.5, 0.6) is 0 Å². The third-order valence-corrected chi connectivity index (χ3v) is 5.24. The van der Waals surface area contributed by atoms with Crippen LogP contribution in [-0.4, -0.2) is 10.5 Å². The third-order valence-electron chi connectivity index (χ3n) is 5.24. The molecule has 0 aliphatic carbocycles. The molecule has 1 heterocycles. The molecule has 0 radical (unpaired) electrons. The SMILES string of the molecule is CCC1(C)Cc2ccc(N=Nc3ccc([N+](=O)[O-])cc3)c3cccc(c23)N1. The van der Waals surface area contributed by atoms with E-state index in [4.69, 9.17) is 0 Å². The van der Waals surface area contributed by atoms with E-state index in [-0.39, 0.29) is 11.2 Å². The molecular weight excluding hydrogens is 340 g/mol. The van der Waals surface area contributed by atoms with Crippen LogP contribution >= 0.6 is 0 Å². The summed E-state index contributed by atoms with van der Waals surface area (Å²) >= 11 is 0. The van der Waals surface area contributed by atoms with Crippen molar-refractivity contribution in [2.45, 2.75) is 32.2 Å². The van der Waals surface area contributed by atoms with Crippen molar-refractivity contribution in [1.82, 2.24) is 0 Å². The van der Waals surface area contributed by atoms with E-state index in [2.05, 4.69) is 47.6 Å². The van der Waals surface area contributed by atoms with Crippen LogP contribution < -0.4 is 5.32 Å². The number of rotatable bonds is 4. The number of nitrogens with zero attached hydrogens (tertiary/aromatic N) is 3. The van der Waals surface area contributed by atoms with Crippen molar-refractivity contribution in [3.63, 3.8) is 0 Å². The molecule has 6 heteroatoms. The van der Waals surface area contributed by atoms with E-state index in [0.717, 1.165) is 29.6 Å². The summed E-state index contributed by atoms with van der Waals surface area (Å²) in [5.74, 6) is 0. The zero-order valence-corrected chi connectivity index (χ0v) is 15.3. The molecule has 0 saturated carbocycles. The highest BCUT2D eigenvalue weighted by atomic mass is 16.6. The van der Waals surface area contributed by atoms with Crippen molar-refractivity contribution in [3.05, 3.63) is 70.3 Å². The van der Waals surface area contributed by atoms with Crippen molar-refractivity contribution >= 4 is 33.5 Å². The van der Waals surface area contributed by atoms with Gasteiger partial charge in [-0.15, -0.1) is 5.11 Å². The Hall–Kier alpha value is -3.28. The predicted octanol–water partition coefficient (Wildman–Crippen LogP) is 6.30. The average molecular weight is 360 g/mol. The summed E-state index contributed by atoms with van der Waals surface area (Å²) in [5, 5.41) is 25.3. The molecule has 0 amide bonds. The number of nitro benzene ring substituents is 1. The topological polar surface area (TPSA) is 79.9 Å². The van der Waals surface area contributed by atoms with Gasteiger partial charge < -0.3 is 5.32 Å². The van der Waals surface area contributed by atoms with Crippen LogP contribution in [0.1, 0.15) is 25.8 Å². The summed E-state index contributed by atoms with van der Waals surface area (Å²) in [6.45, 7) is 4.45. The molecule has 1 atom stereocenters. The second-order valence-electron chi connectivity index (χ2n) is 7.16. The lowest BCUT2D eigenvalue weighted by Gasteiger charge is -2.36. The molecule has 1 N–H and O–H groups in total. The Kier molecular flexibility index (Phi) is 4.11. The Morgan fingerprint density at radius 3 is 2.59 bits per heavy atom. The van der Waals surface area contributed by atoms with E-state index >= 15 is 0 Å². The molecule has 0 aromatic heterocycles. The molecule has 0 bridgehead atoms. The molecule has 27 heavy (non-hydrogen) atoms. The molecule has 0 spiro atoms. The fraction of sp³-hybridized carbons (Fsp3) is 0.238. The lowest BCUT2D eigenvalue weighted by molar-refractivity contribution is -0.384. The minimum absolute atomic E-state index is 0.0422. The zero-order chi connectivity index (χ0) is 19.0. The van der Waals surface area contributed by atoms with Crippen LogP contribution in [0.4, 0.5) is 22.7 Å². The van der Waals surface area contributed by atoms with Crippen LogP contribution in [-0.2, 0) is 6.42 Å². The van der Waals surface area contributed by atoms with Gasteiger partial charge in [0.15, 0.2) is 0 Å². The molecule has 0 saturated heterocycles. The minimum Gasteiger partial charge on any atom is -0.379 e. The first-order valence-corrected chi connectivity index (χ1v) is 8.98. The molecule has 4 rings (SSSR count). The van der Waals surface area contributed by atoms with Crippen molar-refractivity contribution in [2.24, 2.45) is 10.2 Å². The van der Waals surface area contributed by atoms with Gasteiger partial charge in [0.25, 0.3) is 5.69 Å². The number of hydrogen-bond acceptors (Lipinski definition) is 5. The Bertz CT molecular complexity index is 1050. The van der Waals surface area contributed by atoms with Crippen LogP contribution in [0.3, 0.4) is 0 Å². The molecular formula is C21H20N4O2. The second kappa shape index (κ2) is 6.46. The monoisotopic (exact) mass is 360 g/mol. The predicted molar refractivity (Wildman–Crippen MR) is 107 cm³/mol. The highest BCUT2D eigenvalue weighted by Crippen LogP contribution is 2.41. The lowest BCUT2D eigenvalue weighted by atomic mass is 9.83. The van der Waals surface area contributed by atoms with Crippen molar-refractivity contribution in [1.29, 1.82) is 0 Å². The Morgan fingerprint density at radius 2 is 1.89 bits per heavy atom. The van der Waals surface area contributed by atoms with Crippen LogP contribution in [0.2, 0.25) is 0 Å². The molecule has 6 nitrogen and oxygen atoms in total. The number of nitrogens with one attached hydrogen (secondary N) is 1. The van der Waals surface area contributed by atoms with Gasteiger partial charge in [-0.25, -0.2) is 0 Å². The fourth-order valence-corrected chi connectivity index (χ4v) is 3.56. The van der Waals surface area contributed by atoms with E-state index in [9.17, 15) is 10.1 Å². The van der Waals surface area contributed by atoms with Gasteiger partial charge in [-0.05, 0) is 49.6 Å². The van der Waals surface area contributed by atoms with E-state index in [1.165, 1.54) is 23.1 Å². The van der Waals surface area contributed by atoms with Gasteiger partial charge in [0, 0.05) is 34.1 Å². The van der Waals surface area contributed by atoms with Crippen LogP contribution in [0.25, 0.3) is 10.8 Å². The quantitative estimate of drug-likeness (QED) is 0.337. The number of anilines is 1. The van der Waals surface area contributed by atoms with Gasteiger partial charge in [0.1, 0.15) is 0 Å². The van der Waals surface area contributed by atoms with Gasteiger partial charge >= 0.3 is 0 Å². The maximum absolute atomic E-state index is 10.7. The number of azo groups is 1. The Labute approximate surface area is 157 Å². The van der Waals surface area contributed by atoms with Crippen molar-refractivity contribution < 1.29 is 4.92 Å². The van der Waals surface area contributed by atoms with E-state index < -0.39 is 4.92 Å². The second-order valence-corrected chi connectivity index (χ2v) is 7.16. The molecule has 0 fully saturated rings. The molecule has 1 unspecified atom stereocenters. The lowest BCUT2D eigenvalue weighted by Crippen LogP contribution is -2.38. The van der Waals surface area contributed by atoms with Gasteiger partial charge in [-0.1, -0.05) is 25.1 Å². The largest absolute Gasteiger partial charge is 0.379 e. The maximum Gasteiger partial charge on any atom is 0.269 e. The highest BCUT2D eigenvalue weighted by Gasteiger charge is 2.29. The Morgan fingerprint density at radius 1 is 1.11 bits per heavy atom. The summed E-state index contributed by atoms with van der Waals surface area (Å²) in [4.78, 5) is 10.3. The Balaban J connectivity index is 1.72. The summed E-state index contributed by atoms with van der Waals surface area (Å²) in [6, 6.07) is 16.4. The number of benzene rings is 3. The number of non-ortho nitro benzene ring substituents is 1. The van der Waals surface area contributed by atoms with E-state index in [1.807, 2.05) is 12.1 Å². The maximum atomic E-state index is 10.7. The number of hydrogen-bond donors (Lipinski definition) is 1. The van der Waals surface area contributed by atoms with Crippen LogP contribution in [0, 0.1) is 10.1 Å². The molecule has 3 aromatic rings. The fourth-order valence-electron chi connectivity index (χ4n) is 3.56. The van der Waals surface area contributed by atoms with Crippen LogP contribution in [0.15, 0.2) is 64.8 Å². The standard InChI is InChI=1S/C21H20N4O2/c1-3-21(2)13-14-7-12-18(17-5-4-6-19(22-21)20(14)17)24-23-15-8-10-16(11-9-15)25(26)27/h4-12,22H,3,13H2,1-2H3. The normalized spacial score (nSPS) is 18.6. The first-order valence-electron chi connectivity index (χ1n) is 8.98. The first-order chi connectivity index (χ1) is 13.0. The average Bonchev–Trinajstić information content (AvgIpc) is 2.67. The van der Waals surface area contributed by atoms with E-state index in [1.54, 1.807) is 12.1 Å². The van der Waals surface area contributed by atoms with E-state index in [0.29, 0.717) is 5.69 Å². The molecule has 1 aliphatic heterocycles. The van der Waals surface area contributed by atoms with Crippen molar-refractivity contribution in [3.8, 4) is 0 Å². The van der Waals surface area contributed by atoms with Gasteiger partial charge in [0.2, 0.25) is 0 Å². The molecule has 3 aromatic carbocycles. The summed E-state index contributed by atoms with van der Waals surface area (Å²) < 4.78 is 0. The molecule has 1 aliphatic rings. The molecule has 136 valence electrons. The summed E-state index contributed by atoms with van der Waals surface area (Å²) in [6.07, 6.45) is 2.02. The third kappa shape index (κ3) is 3.14. The van der Waals surface area contributed by atoms with Gasteiger partial charge in [-0.3, -0.25) is 10.1 Å². The summed E-state index contributed by atoms with van der Waals surface area (Å²) in [5.41, 5.74) is 3.92. The smallest absolute Gasteiger partial charge is 0.269 e.